The van der Waals surface area contributed by atoms with Gasteiger partial charge in [0, 0.05) is 19.8 Å². The average molecular weight is 396 g/mol. The Bertz CT molecular complexity index is 832. The van der Waals surface area contributed by atoms with Crippen LogP contribution in [0.3, 0.4) is 0 Å². The third-order valence-electron chi connectivity index (χ3n) is 4.11. The molecule has 1 amide bonds. The molecule has 0 spiro atoms. The molecule has 0 aromatic heterocycles. The van der Waals surface area contributed by atoms with Gasteiger partial charge in [0.15, 0.2) is 6.61 Å². The Morgan fingerprint density at radius 2 is 2.04 bits per heavy atom. The number of amides is 1. The first-order valence-corrected chi connectivity index (χ1v) is 9.90. The molecule has 0 heterocycles. The Morgan fingerprint density at radius 1 is 1.30 bits per heavy atom. The number of carbonyl (C=O) groups is 2. The molecule has 1 N–H and O–H groups in total. The Balaban J connectivity index is 1.99. The van der Waals surface area contributed by atoms with Crippen LogP contribution in [-0.2, 0) is 24.3 Å². The summed E-state index contributed by atoms with van der Waals surface area (Å²) in [6, 6.07) is 4.26. The highest BCUT2D eigenvalue weighted by Gasteiger charge is 2.23. The number of ether oxygens (including phenoxy) is 2. The molecule has 0 saturated heterocycles. The molecule has 1 aliphatic carbocycles. The zero-order chi connectivity index (χ0) is 20.0. The van der Waals surface area contributed by atoms with Crippen molar-refractivity contribution in [2.45, 2.75) is 24.2 Å². The van der Waals surface area contributed by atoms with Gasteiger partial charge < -0.3 is 14.8 Å². The van der Waals surface area contributed by atoms with Gasteiger partial charge in [-0.1, -0.05) is 12.2 Å². The van der Waals surface area contributed by atoms with Gasteiger partial charge in [0.2, 0.25) is 10.0 Å². The van der Waals surface area contributed by atoms with Crippen LogP contribution in [0.2, 0.25) is 0 Å². The van der Waals surface area contributed by atoms with Crippen LogP contribution in [0.1, 0.15) is 19.3 Å². The van der Waals surface area contributed by atoms with E-state index in [-0.39, 0.29) is 28.7 Å². The number of sulfonamides is 1. The van der Waals surface area contributed by atoms with Crippen molar-refractivity contribution in [2.24, 2.45) is 5.92 Å². The molecule has 9 heteroatoms. The number of benzene rings is 1. The number of rotatable bonds is 8. The van der Waals surface area contributed by atoms with Crippen molar-refractivity contribution in [3.05, 3.63) is 30.4 Å². The zero-order valence-electron chi connectivity index (χ0n) is 15.6. The van der Waals surface area contributed by atoms with Crippen LogP contribution >= 0.6 is 0 Å². The summed E-state index contributed by atoms with van der Waals surface area (Å²) in [6.45, 7) is -0.433. The van der Waals surface area contributed by atoms with Crippen molar-refractivity contribution in [2.75, 3.05) is 33.1 Å². The second-order valence-corrected chi connectivity index (χ2v) is 8.45. The maximum Gasteiger partial charge on any atom is 0.306 e. The molecule has 27 heavy (non-hydrogen) atoms. The van der Waals surface area contributed by atoms with E-state index in [1.807, 2.05) is 12.2 Å². The molecule has 2 rings (SSSR count). The smallest absolute Gasteiger partial charge is 0.306 e. The van der Waals surface area contributed by atoms with Gasteiger partial charge in [-0.3, -0.25) is 9.59 Å². The monoisotopic (exact) mass is 396 g/mol. The van der Waals surface area contributed by atoms with Crippen LogP contribution < -0.4 is 10.1 Å². The second-order valence-electron chi connectivity index (χ2n) is 6.33. The van der Waals surface area contributed by atoms with Gasteiger partial charge in [-0.05, 0) is 37.0 Å². The van der Waals surface area contributed by atoms with E-state index in [4.69, 9.17) is 9.47 Å². The first-order valence-electron chi connectivity index (χ1n) is 8.46. The highest BCUT2D eigenvalue weighted by atomic mass is 32.2. The van der Waals surface area contributed by atoms with Crippen molar-refractivity contribution >= 4 is 27.6 Å². The van der Waals surface area contributed by atoms with Gasteiger partial charge in [-0.2, -0.15) is 0 Å². The van der Waals surface area contributed by atoms with E-state index in [1.165, 1.54) is 39.4 Å². The lowest BCUT2D eigenvalue weighted by Crippen LogP contribution is -2.24. The number of carbonyl (C=O) groups excluding carboxylic acids is 2. The van der Waals surface area contributed by atoms with Crippen LogP contribution in [0.15, 0.2) is 35.2 Å². The largest absolute Gasteiger partial charge is 0.495 e. The molecule has 0 unspecified atom stereocenters. The van der Waals surface area contributed by atoms with E-state index in [0.29, 0.717) is 0 Å². The number of nitrogens with one attached hydrogen (secondary N) is 1. The van der Waals surface area contributed by atoms with Crippen LogP contribution in [0.5, 0.6) is 5.75 Å². The molecule has 0 saturated carbocycles. The lowest BCUT2D eigenvalue weighted by molar-refractivity contribution is -0.147. The molecule has 1 atom stereocenters. The van der Waals surface area contributed by atoms with Crippen LogP contribution in [0.4, 0.5) is 5.69 Å². The molecule has 0 aliphatic heterocycles. The van der Waals surface area contributed by atoms with Crippen LogP contribution in [0.25, 0.3) is 0 Å². The standard InChI is InChI=1S/C18H24N2O6S/c1-20(2)27(23,24)16-11-14(8-9-15(16)25-3)19-17(21)12-26-18(22)10-13-6-4-5-7-13/h4,6,8-9,11,13H,5,7,10,12H2,1-3H3,(H,19,21)/t13-/m1/s1. The predicted molar refractivity (Wildman–Crippen MR) is 99.9 cm³/mol. The zero-order valence-corrected chi connectivity index (χ0v) is 16.4. The number of esters is 1. The van der Waals surface area contributed by atoms with E-state index >= 15 is 0 Å². The Hall–Kier alpha value is -2.39. The summed E-state index contributed by atoms with van der Waals surface area (Å²) >= 11 is 0. The fourth-order valence-corrected chi connectivity index (χ4v) is 3.71. The Morgan fingerprint density at radius 3 is 2.63 bits per heavy atom. The highest BCUT2D eigenvalue weighted by molar-refractivity contribution is 7.89. The lowest BCUT2D eigenvalue weighted by atomic mass is 10.1. The van der Waals surface area contributed by atoms with Crippen LogP contribution in [-0.4, -0.2) is 52.4 Å². The normalized spacial score (nSPS) is 16.4. The first-order chi connectivity index (χ1) is 12.7. The molecule has 148 valence electrons. The van der Waals surface area contributed by atoms with Gasteiger partial charge in [-0.15, -0.1) is 0 Å². The fraction of sp³-hybridized carbons (Fsp3) is 0.444. The van der Waals surface area contributed by atoms with Gasteiger partial charge >= 0.3 is 5.97 Å². The first kappa shape index (κ1) is 20.9. The molecular formula is C18H24N2O6S. The maximum atomic E-state index is 12.4. The molecule has 0 bridgehead atoms. The van der Waals surface area contributed by atoms with E-state index in [0.717, 1.165) is 17.1 Å². The van der Waals surface area contributed by atoms with Crippen molar-refractivity contribution in [1.82, 2.24) is 4.31 Å². The lowest BCUT2D eigenvalue weighted by Gasteiger charge is -2.16. The summed E-state index contributed by atoms with van der Waals surface area (Å²) in [6.07, 6.45) is 6.11. The summed E-state index contributed by atoms with van der Waals surface area (Å²) in [5, 5.41) is 2.52. The SMILES string of the molecule is COc1ccc(NC(=O)COC(=O)C[C@@H]2C=CCC2)cc1S(=O)(=O)N(C)C. The third-order valence-corrected chi connectivity index (χ3v) is 5.95. The number of anilines is 1. The maximum absolute atomic E-state index is 12.4. The summed E-state index contributed by atoms with van der Waals surface area (Å²) in [5.41, 5.74) is 0.260. The molecule has 1 aliphatic rings. The number of allylic oxidation sites excluding steroid dienone is 2. The average Bonchev–Trinajstić information content (AvgIpc) is 3.12. The predicted octanol–water partition coefficient (Wildman–Crippen LogP) is 1.78. The Kier molecular flexibility index (Phi) is 6.98. The van der Waals surface area contributed by atoms with Crippen LogP contribution in [0, 0.1) is 5.92 Å². The number of hydrogen-bond acceptors (Lipinski definition) is 6. The van der Waals surface area contributed by atoms with Gasteiger partial charge in [-0.25, -0.2) is 12.7 Å². The van der Waals surface area contributed by atoms with Gasteiger partial charge in [0.25, 0.3) is 5.91 Å². The third kappa shape index (κ3) is 5.54. The second kappa shape index (κ2) is 9.01. The van der Waals surface area contributed by atoms with Crippen molar-refractivity contribution < 1.29 is 27.5 Å². The highest BCUT2D eigenvalue weighted by Crippen LogP contribution is 2.28. The number of methoxy groups -OCH3 is 1. The minimum atomic E-state index is -3.75. The van der Waals surface area contributed by atoms with E-state index in [2.05, 4.69) is 5.32 Å². The summed E-state index contributed by atoms with van der Waals surface area (Å²) in [4.78, 5) is 23.7. The van der Waals surface area contributed by atoms with E-state index < -0.39 is 28.5 Å². The molecule has 1 aromatic rings. The van der Waals surface area contributed by atoms with E-state index in [9.17, 15) is 18.0 Å². The molecule has 0 radical (unpaired) electrons. The minimum Gasteiger partial charge on any atom is -0.495 e. The summed E-state index contributed by atoms with van der Waals surface area (Å²) in [5.74, 6) is -0.658. The topological polar surface area (TPSA) is 102 Å². The summed E-state index contributed by atoms with van der Waals surface area (Å²) < 4.78 is 35.9. The van der Waals surface area contributed by atoms with E-state index in [1.54, 1.807) is 0 Å². The van der Waals surface area contributed by atoms with Crippen molar-refractivity contribution in [3.8, 4) is 5.75 Å². The quantitative estimate of drug-likeness (QED) is 0.531. The molecule has 1 aromatic carbocycles. The number of hydrogen-bond donors (Lipinski definition) is 1. The molecule has 0 fully saturated rings. The minimum absolute atomic E-state index is 0.0715. The van der Waals surface area contributed by atoms with Gasteiger partial charge in [0.05, 0.1) is 13.5 Å². The Labute approximate surface area is 159 Å². The van der Waals surface area contributed by atoms with Gasteiger partial charge in [0.1, 0.15) is 10.6 Å². The molecular weight excluding hydrogens is 372 g/mol. The fourth-order valence-electron chi connectivity index (χ4n) is 2.63. The summed E-state index contributed by atoms with van der Waals surface area (Å²) in [7, 11) is 0.414. The van der Waals surface area contributed by atoms with Crippen molar-refractivity contribution in [3.63, 3.8) is 0 Å². The number of nitrogens with zero attached hydrogens (tertiary/aromatic N) is 1. The van der Waals surface area contributed by atoms with Crippen molar-refractivity contribution in [1.29, 1.82) is 0 Å². The molecule has 8 nitrogen and oxygen atoms in total.